The molecule has 0 radical (unpaired) electrons. The summed E-state index contributed by atoms with van der Waals surface area (Å²) in [5, 5.41) is 22.6. The molecule has 0 unspecified atom stereocenters. The van der Waals surface area contributed by atoms with Gasteiger partial charge < -0.3 is 5.11 Å². The molecule has 3 rings (SSSR count). The molecular formula is C12H9ClN4O2S. The molecule has 0 amide bonds. The average molecular weight is 309 g/mol. The van der Waals surface area contributed by atoms with Crippen molar-refractivity contribution in [2.45, 2.75) is 11.6 Å². The first-order valence-electron chi connectivity index (χ1n) is 5.76. The monoisotopic (exact) mass is 308 g/mol. The number of rotatable bonds is 3. The van der Waals surface area contributed by atoms with E-state index in [0.29, 0.717) is 27.5 Å². The maximum Gasteiger partial charge on any atom is 0.309 e. The minimum absolute atomic E-state index is 0.0787. The van der Waals surface area contributed by atoms with Crippen molar-refractivity contribution in [1.29, 1.82) is 0 Å². The Bertz CT molecular complexity index is 696. The maximum atomic E-state index is 10.8. The fourth-order valence-electron chi connectivity index (χ4n) is 1.80. The van der Waals surface area contributed by atoms with E-state index in [1.165, 1.54) is 11.8 Å². The number of halogens is 1. The van der Waals surface area contributed by atoms with Gasteiger partial charge in [-0.1, -0.05) is 23.4 Å². The third-order valence-corrected chi connectivity index (χ3v) is 3.92. The number of benzene rings is 1. The number of carboxylic acid groups (broad SMARTS) is 1. The van der Waals surface area contributed by atoms with Gasteiger partial charge in [-0.15, -0.1) is 10.2 Å². The number of aromatic nitrogens is 3. The molecular weight excluding hydrogens is 300 g/mol. The Kier molecular flexibility index (Phi) is 3.45. The molecule has 0 aliphatic carbocycles. The Morgan fingerprint density at radius 3 is 2.80 bits per heavy atom. The first-order valence-corrected chi connectivity index (χ1v) is 7.12. The Hall–Kier alpha value is -1.86. The smallest absolute Gasteiger partial charge is 0.309 e. The second kappa shape index (κ2) is 5.26. The van der Waals surface area contributed by atoms with Crippen molar-refractivity contribution >= 4 is 35.0 Å². The van der Waals surface area contributed by atoms with Gasteiger partial charge in [-0.3, -0.25) is 4.79 Å². The Morgan fingerprint density at radius 2 is 2.10 bits per heavy atom. The Morgan fingerprint density at radius 1 is 1.35 bits per heavy atom. The van der Waals surface area contributed by atoms with E-state index in [1.54, 1.807) is 16.8 Å². The zero-order valence-electron chi connectivity index (χ0n) is 10.2. The number of hydrogen-bond donors (Lipinski definition) is 1. The van der Waals surface area contributed by atoms with Gasteiger partial charge in [-0.05, 0) is 24.3 Å². The largest absolute Gasteiger partial charge is 0.481 e. The second-order valence-corrected chi connectivity index (χ2v) is 5.53. The van der Waals surface area contributed by atoms with Crippen LogP contribution in [0.3, 0.4) is 0 Å². The molecule has 8 heteroatoms. The lowest BCUT2D eigenvalue weighted by Crippen LogP contribution is -2.16. The summed E-state index contributed by atoms with van der Waals surface area (Å²) in [6.07, 6.45) is -0.0787. The van der Waals surface area contributed by atoms with Gasteiger partial charge >= 0.3 is 5.97 Å². The normalized spacial score (nSPS) is 13.8. The van der Waals surface area contributed by atoms with Crippen molar-refractivity contribution in [3.05, 3.63) is 29.3 Å². The quantitative estimate of drug-likeness (QED) is 0.941. The number of hydrogen-bond acceptors (Lipinski definition) is 5. The van der Waals surface area contributed by atoms with Crippen LogP contribution in [-0.2, 0) is 4.79 Å². The van der Waals surface area contributed by atoms with Crippen LogP contribution < -0.4 is 0 Å². The zero-order chi connectivity index (χ0) is 14.1. The van der Waals surface area contributed by atoms with Crippen LogP contribution in [0.4, 0.5) is 0 Å². The fraction of sp³-hybridized carbons (Fsp3) is 0.167. The summed E-state index contributed by atoms with van der Waals surface area (Å²) in [6, 6.07) is 7.17. The van der Waals surface area contributed by atoms with E-state index < -0.39 is 5.97 Å². The number of aliphatic carboxylic acids is 1. The Labute approximate surface area is 123 Å². The SMILES string of the molecule is O=C(O)CC1=Nn2c(nnc2-c2ccc(Cl)cc2)SC1. The zero-order valence-corrected chi connectivity index (χ0v) is 11.7. The van der Waals surface area contributed by atoms with Crippen LogP contribution in [0.15, 0.2) is 34.5 Å². The van der Waals surface area contributed by atoms with Crippen LogP contribution in [0, 0.1) is 0 Å². The van der Waals surface area contributed by atoms with E-state index in [9.17, 15) is 4.79 Å². The summed E-state index contributed by atoms with van der Waals surface area (Å²) in [4.78, 5) is 10.8. The minimum atomic E-state index is -0.895. The molecule has 0 bridgehead atoms. The summed E-state index contributed by atoms with van der Waals surface area (Å²) in [5.74, 6) is 0.200. The van der Waals surface area contributed by atoms with Crippen molar-refractivity contribution < 1.29 is 9.90 Å². The van der Waals surface area contributed by atoms with E-state index in [1.807, 2.05) is 12.1 Å². The molecule has 2 heterocycles. The minimum Gasteiger partial charge on any atom is -0.481 e. The molecule has 2 aromatic rings. The molecule has 0 fully saturated rings. The standard InChI is InChI=1S/C12H9ClN4O2S/c13-8-3-1-7(2-4-8)11-14-15-12-17(11)16-9(6-20-12)5-10(18)19/h1-4H,5-6H2,(H,18,19). The van der Waals surface area contributed by atoms with Crippen LogP contribution in [-0.4, -0.2) is 37.4 Å². The summed E-state index contributed by atoms with van der Waals surface area (Å²) in [5.41, 5.74) is 1.42. The number of carbonyl (C=O) groups is 1. The summed E-state index contributed by atoms with van der Waals surface area (Å²) < 4.78 is 1.58. The van der Waals surface area contributed by atoms with Gasteiger partial charge in [0, 0.05) is 16.3 Å². The molecule has 20 heavy (non-hydrogen) atoms. The van der Waals surface area contributed by atoms with Crippen molar-refractivity contribution in [1.82, 2.24) is 14.9 Å². The topological polar surface area (TPSA) is 80.4 Å². The highest BCUT2D eigenvalue weighted by Gasteiger charge is 2.20. The predicted octanol–water partition coefficient (Wildman–Crippen LogP) is 2.38. The molecule has 0 saturated carbocycles. The van der Waals surface area contributed by atoms with Crippen molar-refractivity contribution in [3.63, 3.8) is 0 Å². The van der Waals surface area contributed by atoms with E-state index in [2.05, 4.69) is 15.3 Å². The summed E-state index contributed by atoms with van der Waals surface area (Å²) in [7, 11) is 0. The lowest BCUT2D eigenvalue weighted by Gasteiger charge is -2.12. The molecule has 1 aromatic heterocycles. The molecule has 1 aromatic carbocycles. The third-order valence-electron chi connectivity index (χ3n) is 2.68. The van der Waals surface area contributed by atoms with Gasteiger partial charge in [0.15, 0.2) is 5.82 Å². The molecule has 1 aliphatic rings. The second-order valence-electron chi connectivity index (χ2n) is 4.15. The highest BCUT2D eigenvalue weighted by Crippen LogP contribution is 2.28. The van der Waals surface area contributed by atoms with Crippen molar-refractivity contribution in [3.8, 4) is 11.4 Å². The molecule has 0 spiro atoms. The number of carboxylic acids is 1. The molecule has 1 N–H and O–H groups in total. The molecule has 0 saturated heterocycles. The highest BCUT2D eigenvalue weighted by atomic mass is 35.5. The van der Waals surface area contributed by atoms with E-state index in [-0.39, 0.29) is 6.42 Å². The molecule has 1 aliphatic heterocycles. The van der Waals surface area contributed by atoms with Gasteiger partial charge in [0.2, 0.25) is 5.16 Å². The highest BCUT2D eigenvalue weighted by molar-refractivity contribution is 7.99. The fourth-order valence-corrected chi connectivity index (χ4v) is 2.73. The van der Waals surface area contributed by atoms with Crippen LogP contribution in [0.1, 0.15) is 6.42 Å². The van der Waals surface area contributed by atoms with Gasteiger partial charge in [0.25, 0.3) is 0 Å². The average Bonchev–Trinajstić information content (AvgIpc) is 2.82. The van der Waals surface area contributed by atoms with E-state index >= 15 is 0 Å². The lowest BCUT2D eigenvalue weighted by molar-refractivity contribution is -0.135. The predicted molar refractivity (Wildman–Crippen MR) is 76.3 cm³/mol. The van der Waals surface area contributed by atoms with E-state index in [0.717, 1.165) is 5.56 Å². The van der Waals surface area contributed by atoms with Crippen molar-refractivity contribution in [2.75, 3.05) is 5.75 Å². The van der Waals surface area contributed by atoms with Crippen molar-refractivity contribution in [2.24, 2.45) is 5.10 Å². The molecule has 0 atom stereocenters. The van der Waals surface area contributed by atoms with Crippen LogP contribution in [0.25, 0.3) is 11.4 Å². The first-order chi connectivity index (χ1) is 9.63. The molecule has 102 valence electrons. The third kappa shape index (κ3) is 2.54. The van der Waals surface area contributed by atoms with Crippen LogP contribution in [0.5, 0.6) is 0 Å². The van der Waals surface area contributed by atoms with Gasteiger partial charge in [-0.2, -0.15) is 9.78 Å². The number of fused-ring (bicyclic) bond motifs is 1. The van der Waals surface area contributed by atoms with Gasteiger partial charge in [-0.25, -0.2) is 0 Å². The lowest BCUT2D eigenvalue weighted by atomic mass is 10.2. The molecule has 6 nitrogen and oxygen atoms in total. The van der Waals surface area contributed by atoms with E-state index in [4.69, 9.17) is 16.7 Å². The van der Waals surface area contributed by atoms with Gasteiger partial charge in [0.05, 0.1) is 12.1 Å². The number of thioether (sulfide) groups is 1. The maximum absolute atomic E-state index is 10.8. The van der Waals surface area contributed by atoms with Gasteiger partial charge in [0.1, 0.15) is 0 Å². The van der Waals surface area contributed by atoms with Crippen LogP contribution in [0.2, 0.25) is 5.02 Å². The first kappa shape index (κ1) is 13.1. The summed E-state index contributed by atoms with van der Waals surface area (Å²) in [6.45, 7) is 0. The summed E-state index contributed by atoms with van der Waals surface area (Å²) >= 11 is 7.28. The van der Waals surface area contributed by atoms with Crippen LogP contribution >= 0.6 is 23.4 Å². The Balaban J connectivity index is 2.01. The number of nitrogens with zero attached hydrogens (tertiary/aromatic N) is 4.